The Balaban J connectivity index is 1.35. The molecule has 6 rings (SSSR count). The summed E-state index contributed by atoms with van der Waals surface area (Å²) in [5, 5.41) is 13.1. The summed E-state index contributed by atoms with van der Waals surface area (Å²) >= 11 is 0. The number of rotatable bonds is 5. The van der Waals surface area contributed by atoms with Crippen molar-refractivity contribution in [1.82, 2.24) is 29.7 Å². The molecule has 2 saturated heterocycles. The summed E-state index contributed by atoms with van der Waals surface area (Å²) in [7, 11) is 1.90. The summed E-state index contributed by atoms with van der Waals surface area (Å²) in [4.78, 5) is 14.9. The van der Waals surface area contributed by atoms with Crippen LogP contribution in [0.15, 0.2) is 36.7 Å². The molecule has 3 aliphatic rings. The first-order chi connectivity index (χ1) is 13.9. The Morgan fingerprint density at radius 2 is 2.03 bits per heavy atom. The summed E-state index contributed by atoms with van der Waals surface area (Å²) in [5.74, 6) is 0.991. The SMILES string of the molecule is Cc1cn(C)nc1-c1cn(-c2ccccc2CCC(=O)N2CC3CC2(C)C3)nn1. The van der Waals surface area contributed by atoms with Crippen molar-refractivity contribution < 1.29 is 4.79 Å². The first-order valence-electron chi connectivity index (χ1n) is 10.2. The Labute approximate surface area is 170 Å². The highest BCUT2D eigenvalue weighted by molar-refractivity contribution is 5.78. The molecule has 29 heavy (non-hydrogen) atoms. The van der Waals surface area contributed by atoms with Gasteiger partial charge in [0.2, 0.25) is 5.91 Å². The number of hydrogen-bond donors (Lipinski definition) is 0. The molecule has 7 nitrogen and oxygen atoms in total. The number of aryl methyl sites for hydroxylation is 3. The molecule has 2 aliphatic heterocycles. The topological polar surface area (TPSA) is 68.8 Å². The molecule has 1 saturated carbocycles. The van der Waals surface area contributed by atoms with E-state index >= 15 is 0 Å². The smallest absolute Gasteiger partial charge is 0.223 e. The van der Waals surface area contributed by atoms with E-state index < -0.39 is 0 Å². The van der Waals surface area contributed by atoms with Crippen molar-refractivity contribution in [2.24, 2.45) is 13.0 Å². The monoisotopic (exact) mass is 390 g/mol. The molecule has 4 heterocycles. The van der Waals surface area contributed by atoms with Crippen LogP contribution in [-0.2, 0) is 18.3 Å². The number of benzene rings is 1. The Kier molecular flexibility index (Phi) is 4.08. The summed E-state index contributed by atoms with van der Waals surface area (Å²) < 4.78 is 3.57. The lowest BCUT2D eigenvalue weighted by atomic mass is 9.75. The Morgan fingerprint density at radius 3 is 2.72 bits per heavy atom. The van der Waals surface area contributed by atoms with Gasteiger partial charge in [0.25, 0.3) is 0 Å². The molecule has 3 fully saturated rings. The fourth-order valence-corrected chi connectivity index (χ4v) is 5.09. The zero-order valence-electron chi connectivity index (χ0n) is 17.2. The van der Waals surface area contributed by atoms with Crippen LogP contribution in [0, 0.1) is 12.8 Å². The van der Waals surface area contributed by atoms with Gasteiger partial charge in [0, 0.05) is 31.7 Å². The Hall–Kier alpha value is -2.96. The number of nitrogens with zero attached hydrogens (tertiary/aromatic N) is 6. The molecule has 0 spiro atoms. The van der Waals surface area contributed by atoms with Crippen LogP contribution >= 0.6 is 0 Å². The lowest BCUT2D eigenvalue weighted by molar-refractivity contribution is -0.134. The molecule has 1 aromatic carbocycles. The van der Waals surface area contributed by atoms with Gasteiger partial charge in [0.15, 0.2) is 0 Å². The minimum atomic E-state index is 0.114. The number of hydrogen-bond acceptors (Lipinski definition) is 4. The Bertz CT molecular complexity index is 1070. The first kappa shape index (κ1) is 18.1. The van der Waals surface area contributed by atoms with E-state index in [2.05, 4.69) is 33.3 Å². The van der Waals surface area contributed by atoms with Gasteiger partial charge in [-0.05, 0) is 56.2 Å². The second kappa shape index (κ2) is 6.54. The van der Waals surface area contributed by atoms with Crippen LogP contribution in [0.2, 0.25) is 0 Å². The van der Waals surface area contributed by atoms with Crippen molar-refractivity contribution in [3.63, 3.8) is 0 Å². The molecule has 0 atom stereocenters. The van der Waals surface area contributed by atoms with E-state index in [0.717, 1.165) is 40.7 Å². The highest BCUT2D eigenvalue weighted by Crippen LogP contribution is 2.50. The van der Waals surface area contributed by atoms with Crippen LogP contribution in [-0.4, -0.2) is 47.7 Å². The normalized spacial score (nSPS) is 22.7. The molecule has 2 bridgehead atoms. The maximum atomic E-state index is 12.8. The minimum absolute atomic E-state index is 0.114. The number of carbonyl (C=O) groups excluding carboxylic acids is 1. The number of aromatic nitrogens is 5. The van der Waals surface area contributed by atoms with Gasteiger partial charge in [0.05, 0.1) is 11.9 Å². The zero-order valence-corrected chi connectivity index (χ0v) is 17.2. The third kappa shape index (κ3) is 3.05. The second-order valence-corrected chi connectivity index (χ2v) is 8.79. The number of fused-ring (bicyclic) bond motifs is 1. The third-order valence-electron chi connectivity index (χ3n) is 6.44. The second-order valence-electron chi connectivity index (χ2n) is 8.79. The maximum absolute atomic E-state index is 12.8. The van der Waals surface area contributed by atoms with Crippen molar-refractivity contribution in [2.75, 3.05) is 6.54 Å². The molecule has 1 aliphatic carbocycles. The fraction of sp³-hybridized carbons (Fsp3) is 0.455. The van der Waals surface area contributed by atoms with E-state index in [1.807, 2.05) is 44.6 Å². The highest BCUT2D eigenvalue weighted by atomic mass is 16.2. The minimum Gasteiger partial charge on any atom is -0.337 e. The summed E-state index contributed by atoms with van der Waals surface area (Å²) in [6.45, 7) is 5.18. The molecule has 3 aromatic rings. The van der Waals surface area contributed by atoms with Gasteiger partial charge in [-0.1, -0.05) is 23.4 Å². The van der Waals surface area contributed by atoms with Crippen molar-refractivity contribution in [1.29, 1.82) is 0 Å². The van der Waals surface area contributed by atoms with Crippen LogP contribution in [0.25, 0.3) is 17.1 Å². The van der Waals surface area contributed by atoms with Gasteiger partial charge < -0.3 is 4.90 Å². The Morgan fingerprint density at radius 1 is 1.24 bits per heavy atom. The molecule has 150 valence electrons. The van der Waals surface area contributed by atoms with Crippen molar-refractivity contribution in [3.05, 3.63) is 47.8 Å². The van der Waals surface area contributed by atoms with Crippen LogP contribution in [0.1, 0.15) is 37.3 Å². The van der Waals surface area contributed by atoms with E-state index in [-0.39, 0.29) is 11.4 Å². The summed E-state index contributed by atoms with van der Waals surface area (Å²) in [5.41, 5.74) is 4.83. The number of carbonyl (C=O) groups is 1. The first-order valence-corrected chi connectivity index (χ1v) is 10.2. The average molecular weight is 390 g/mol. The zero-order chi connectivity index (χ0) is 20.2. The number of amides is 1. The lowest BCUT2D eigenvalue weighted by Gasteiger charge is -2.38. The van der Waals surface area contributed by atoms with Gasteiger partial charge in [-0.3, -0.25) is 9.48 Å². The average Bonchev–Trinajstić information content (AvgIpc) is 3.42. The van der Waals surface area contributed by atoms with Crippen LogP contribution in [0.4, 0.5) is 0 Å². The van der Waals surface area contributed by atoms with Crippen molar-refractivity contribution in [2.45, 2.75) is 45.1 Å². The predicted octanol–water partition coefficient (Wildman–Crippen LogP) is 2.92. The molecule has 0 unspecified atom stereocenters. The van der Waals surface area contributed by atoms with E-state index in [9.17, 15) is 4.79 Å². The lowest BCUT2D eigenvalue weighted by Crippen LogP contribution is -2.45. The molecular weight excluding hydrogens is 364 g/mol. The fourth-order valence-electron chi connectivity index (χ4n) is 5.09. The van der Waals surface area contributed by atoms with E-state index in [1.54, 1.807) is 9.36 Å². The standard InChI is InChI=1S/C22H26N6O/c1-15-12-26(3)24-21(15)18-14-28(25-23-18)19-7-5-4-6-17(19)8-9-20(29)27-13-16-10-22(27,2)11-16/h4-7,12,14,16H,8-11,13H2,1-3H3. The molecular formula is C22H26N6O. The largest absolute Gasteiger partial charge is 0.337 e. The highest BCUT2D eigenvalue weighted by Gasteiger charge is 2.54. The molecule has 7 heteroatoms. The quantitative estimate of drug-likeness (QED) is 0.672. The summed E-state index contributed by atoms with van der Waals surface area (Å²) in [6.07, 6.45) is 7.45. The number of para-hydroxylation sites is 1. The van der Waals surface area contributed by atoms with Crippen LogP contribution in [0.5, 0.6) is 0 Å². The van der Waals surface area contributed by atoms with Crippen molar-refractivity contribution in [3.8, 4) is 17.1 Å². The molecule has 1 amide bonds. The molecule has 2 aromatic heterocycles. The van der Waals surface area contributed by atoms with Gasteiger partial charge in [-0.25, -0.2) is 4.68 Å². The van der Waals surface area contributed by atoms with Crippen LogP contribution < -0.4 is 0 Å². The van der Waals surface area contributed by atoms with E-state index in [4.69, 9.17) is 0 Å². The molecule has 0 radical (unpaired) electrons. The van der Waals surface area contributed by atoms with Gasteiger partial charge >= 0.3 is 0 Å². The summed E-state index contributed by atoms with van der Waals surface area (Å²) in [6, 6.07) is 8.10. The van der Waals surface area contributed by atoms with Crippen LogP contribution in [0.3, 0.4) is 0 Å². The van der Waals surface area contributed by atoms with Gasteiger partial charge in [-0.15, -0.1) is 5.10 Å². The predicted molar refractivity (Wildman–Crippen MR) is 109 cm³/mol. The van der Waals surface area contributed by atoms with E-state index in [0.29, 0.717) is 12.8 Å². The third-order valence-corrected chi connectivity index (χ3v) is 6.44. The van der Waals surface area contributed by atoms with Crippen molar-refractivity contribution >= 4 is 5.91 Å². The maximum Gasteiger partial charge on any atom is 0.223 e. The van der Waals surface area contributed by atoms with Gasteiger partial charge in [0.1, 0.15) is 11.4 Å². The van der Waals surface area contributed by atoms with Gasteiger partial charge in [-0.2, -0.15) is 5.10 Å². The van der Waals surface area contributed by atoms with E-state index in [1.165, 1.54) is 12.8 Å². The molecule has 0 N–H and O–H groups in total.